The van der Waals surface area contributed by atoms with E-state index in [-0.39, 0.29) is 18.6 Å². The lowest BCUT2D eigenvalue weighted by molar-refractivity contribution is -0.148. The fraction of sp³-hybridized carbons (Fsp3) is 0.524. The Hall–Kier alpha value is -2.90. The number of hydrogen-bond donors (Lipinski definition) is 1. The van der Waals surface area contributed by atoms with Crippen molar-refractivity contribution in [3.63, 3.8) is 0 Å². The van der Waals surface area contributed by atoms with Crippen LogP contribution < -0.4 is 5.32 Å². The summed E-state index contributed by atoms with van der Waals surface area (Å²) in [5.41, 5.74) is 1.67. The van der Waals surface area contributed by atoms with Gasteiger partial charge in [-0.1, -0.05) is 19.3 Å². The zero-order chi connectivity index (χ0) is 20.2. The molecule has 0 unspecified atom stereocenters. The zero-order valence-corrected chi connectivity index (χ0v) is 17.0. The van der Waals surface area contributed by atoms with E-state index >= 15 is 0 Å². The van der Waals surface area contributed by atoms with E-state index in [4.69, 9.17) is 9.72 Å². The lowest BCUT2D eigenvalue weighted by Gasteiger charge is -2.22. The van der Waals surface area contributed by atoms with Gasteiger partial charge in [-0.25, -0.2) is 4.98 Å². The van der Waals surface area contributed by atoms with Crippen molar-refractivity contribution in [3.8, 4) is 0 Å². The molecule has 3 heterocycles. The maximum absolute atomic E-state index is 11.8. The summed E-state index contributed by atoms with van der Waals surface area (Å²) in [5.74, 6) is 0.938. The highest BCUT2D eigenvalue weighted by molar-refractivity contribution is 5.76. The Balaban J connectivity index is 1.44. The van der Waals surface area contributed by atoms with E-state index in [1.165, 1.54) is 36.8 Å². The molecule has 0 bridgehead atoms. The van der Waals surface area contributed by atoms with E-state index in [1.807, 2.05) is 20.0 Å². The smallest absolute Gasteiger partial charge is 0.328 e. The summed E-state index contributed by atoms with van der Waals surface area (Å²) < 4.78 is 8.93. The fourth-order valence-corrected chi connectivity index (χ4v) is 3.90. The van der Waals surface area contributed by atoms with Gasteiger partial charge in [-0.3, -0.25) is 9.48 Å². The molecule has 0 amide bonds. The van der Waals surface area contributed by atoms with Crippen LogP contribution in [0.2, 0.25) is 0 Å². The molecule has 1 fully saturated rings. The van der Waals surface area contributed by atoms with Crippen LogP contribution in [0.4, 0.5) is 11.6 Å². The van der Waals surface area contributed by atoms with E-state index in [9.17, 15) is 4.79 Å². The number of carbonyl (C=O) groups excluding carboxylic acids is 1. The van der Waals surface area contributed by atoms with Crippen LogP contribution in [0.5, 0.6) is 0 Å². The second-order valence-electron chi connectivity index (χ2n) is 8.03. The number of nitrogens with zero attached hydrogens (tertiary/aromatic N) is 5. The van der Waals surface area contributed by atoms with Gasteiger partial charge in [0.05, 0.1) is 18.0 Å². The van der Waals surface area contributed by atoms with Gasteiger partial charge in [-0.15, -0.1) is 0 Å². The van der Waals surface area contributed by atoms with Crippen molar-refractivity contribution in [2.24, 2.45) is 5.92 Å². The highest BCUT2D eigenvalue weighted by Crippen LogP contribution is 2.26. The van der Waals surface area contributed by atoms with Crippen molar-refractivity contribution in [3.05, 3.63) is 30.9 Å². The van der Waals surface area contributed by atoms with Crippen molar-refractivity contribution in [1.29, 1.82) is 0 Å². The normalized spacial score (nSPS) is 15.1. The van der Waals surface area contributed by atoms with Crippen molar-refractivity contribution in [1.82, 2.24) is 24.3 Å². The van der Waals surface area contributed by atoms with Crippen molar-refractivity contribution in [2.45, 2.75) is 65.1 Å². The average molecular weight is 396 g/mol. The molecule has 1 aliphatic carbocycles. The summed E-state index contributed by atoms with van der Waals surface area (Å²) in [6.07, 6.45) is 13.8. The van der Waals surface area contributed by atoms with E-state index < -0.39 is 0 Å². The summed E-state index contributed by atoms with van der Waals surface area (Å²) in [6, 6.07) is 2.07. The Labute approximate surface area is 170 Å². The summed E-state index contributed by atoms with van der Waals surface area (Å²) in [6.45, 7) is 4.73. The van der Waals surface area contributed by atoms with Gasteiger partial charge in [0.15, 0.2) is 0 Å². The molecule has 8 nitrogen and oxygen atoms in total. The number of ether oxygens (including phenoxy) is 1. The van der Waals surface area contributed by atoms with E-state index in [0.29, 0.717) is 5.95 Å². The molecule has 154 valence electrons. The highest BCUT2D eigenvalue weighted by atomic mass is 16.5. The number of carbonyl (C=O) groups is 1. The molecule has 0 aromatic carbocycles. The van der Waals surface area contributed by atoms with Crippen LogP contribution in [-0.2, 0) is 22.6 Å². The van der Waals surface area contributed by atoms with Crippen LogP contribution in [0.3, 0.4) is 0 Å². The lowest BCUT2D eigenvalue weighted by Crippen LogP contribution is -2.17. The zero-order valence-electron chi connectivity index (χ0n) is 17.0. The van der Waals surface area contributed by atoms with Crippen molar-refractivity contribution >= 4 is 28.6 Å². The molecule has 4 rings (SSSR count). The molecular formula is C21H28N6O2. The molecule has 0 radical (unpaired) electrons. The van der Waals surface area contributed by atoms with Crippen LogP contribution >= 0.6 is 0 Å². The van der Waals surface area contributed by atoms with Gasteiger partial charge in [-0.05, 0) is 38.7 Å². The quantitative estimate of drug-likeness (QED) is 0.610. The molecule has 3 aromatic rings. The SMILES string of the molecule is CC(C)OC(=O)Cn1cc(Nc2ncc3ccn(CC4CCCCC4)c3n2)cn1. The number of hydrogen-bond acceptors (Lipinski definition) is 6. The first-order valence-corrected chi connectivity index (χ1v) is 10.4. The van der Waals surface area contributed by atoms with Crippen LogP contribution in [0.25, 0.3) is 11.0 Å². The minimum atomic E-state index is -0.312. The van der Waals surface area contributed by atoms with Gasteiger partial charge in [0.1, 0.15) is 12.2 Å². The number of rotatable bonds is 7. The molecule has 3 aromatic heterocycles. The number of aromatic nitrogens is 5. The minimum absolute atomic E-state index is 0.0734. The third-order valence-corrected chi connectivity index (χ3v) is 5.23. The van der Waals surface area contributed by atoms with Crippen LogP contribution in [0, 0.1) is 5.92 Å². The molecule has 1 saturated carbocycles. The van der Waals surface area contributed by atoms with Gasteiger partial charge in [0.25, 0.3) is 0 Å². The molecule has 0 saturated heterocycles. The maximum atomic E-state index is 11.8. The second kappa shape index (κ2) is 8.63. The Morgan fingerprint density at radius 3 is 2.90 bits per heavy atom. The van der Waals surface area contributed by atoms with Crippen LogP contribution in [-0.4, -0.2) is 36.4 Å². The molecule has 0 spiro atoms. The number of anilines is 2. The molecule has 0 atom stereocenters. The predicted octanol–water partition coefficient (Wildman–Crippen LogP) is 3.90. The highest BCUT2D eigenvalue weighted by Gasteiger charge is 2.16. The average Bonchev–Trinajstić information content (AvgIpc) is 3.29. The Bertz CT molecular complexity index is 971. The third kappa shape index (κ3) is 4.93. The van der Waals surface area contributed by atoms with E-state index in [1.54, 1.807) is 12.4 Å². The van der Waals surface area contributed by atoms with Gasteiger partial charge in [-0.2, -0.15) is 10.1 Å². The number of fused-ring (bicyclic) bond motifs is 1. The topological polar surface area (TPSA) is 86.9 Å². The Kier molecular flexibility index (Phi) is 5.78. The van der Waals surface area contributed by atoms with Gasteiger partial charge in [0.2, 0.25) is 5.95 Å². The van der Waals surface area contributed by atoms with Crippen LogP contribution in [0.1, 0.15) is 46.0 Å². The van der Waals surface area contributed by atoms with Crippen molar-refractivity contribution < 1.29 is 9.53 Å². The lowest BCUT2D eigenvalue weighted by atomic mass is 9.89. The number of esters is 1. The monoisotopic (exact) mass is 396 g/mol. The summed E-state index contributed by atoms with van der Waals surface area (Å²) in [4.78, 5) is 20.9. The molecular weight excluding hydrogens is 368 g/mol. The van der Waals surface area contributed by atoms with Gasteiger partial charge in [0, 0.05) is 30.5 Å². The standard InChI is InChI=1S/C21H28N6O2/c1-15(2)29-19(28)14-27-13-18(11-23-27)24-21-22-10-17-8-9-26(20(17)25-21)12-16-6-4-3-5-7-16/h8-11,13,15-16H,3-7,12,14H2,1-2H3,(H,22,24,25). The maximum Gasteiger partial charge on any atom is 0.328 e. The Morgan fingerprint density at radius 1 is 1.28 bits per heavy atom. The first kappa shape index (κ1) is 19.4. The summed E-state index contributed by atoms with van der Waals surface area (Å²) in [7, 11) is 0. The van der Waals surface area contributed by atoms with E-state index in [2.05, 4.69) is 32.2 Å². The molecule has 1 aliphatic rings. The predicted molar refractivity (Wildman–Crippen MR) is 111 cm³/mol. The Morgan fingerprint density at radius 2 is 2.10 bits per heavy atom. The molecule has 0 aliphatic heterocycles. The minimum Gasteiger partial charge on any atom is -0.462 e. The molecule has 8 heteroatoms. The van der Waals surface area contributed by atoms with Crippen LogP contribution in [0.15, 0.2) is 30.9 Å². The third-order valence-electron chi connectivity index (χ3n) is 5.23. The van der Waals surface area contributed by atoms with Crippen molar-refractivity contribution in [2.75, 3.05) is 5.32 Å². The van der Waals surface area contributed by atoms with Gasteiger partial charge >= 0.3 is 5.97 Å². The first-order chi connectivity index (χ1) is 14.1. The summed E-state index contributed by atoms with van der Waals surface area (Å²) in [5, 5.41) is 8.42. The molecule has 1 N–H and O–H groups in total. The second-order valence-corrected chi connectivity index (χ2v) is 8.03. The largest absolute Gasteiger partial charge is 0.462 e. The fourth-order valence-electron chi connectivity index (χ4n) is 3.90. The van der Waals surface area contributed by atoms with E-state index in [0.717, 1.165) is 29.2 Å². The summed E-state index contributed by atoms with van der Waals surface area (Å²) >= 11 is 0. The molecule has 29 heavy (non-hydrogen) atoms. The first-order valence-electron chi connectivity index (χ1n) is 10.4. The van der Waals surface area contributed by atoms with Gasteiger partial charge < -0.3 is 14.6 Å². The number of nitrogens with one attached hydrogen (secondary N) is 1.